The number of benzene rings is 2. The summed E-state index contributed by atoms with van der Waals surface area (Å²) in [4.78, 5) is 35.3. The molecule has 0 bridgehead atoms. The third-order valence-electron chi connectivity index (χ3n) is 6.93. The number of hydrogen-bond acceptors (Lipinski definition) is 5. The highest BCUT2D eigenvalue weighted by Crippen LogP contribution is 2.23. The predicted molar refractivity (Wildman–Crippen MR) is 139 cm³/mol. The van der Waals surface area contributed by atoms with Crippen LogP contribution in [0.25, 0.3) is 11.2 Å². The monoisotopic (exact) mass is 472 g/mol. The molecule has 0 unspecified atom stereocenters. The number of piperazine rings is 1. The first kappa shape index (κ1) is 23.1. The zero-order chi connectivity index (χ0) is 24.7. The van der Waals surface area contributed by atoms with E-state index >= 15 is 0 Å². The van der Waals surface area contributed by atoms with E-state index < -0.39 is 0 Å². The van der Waals surface area contributed by atoms with Crippen molar-refractivity contribution in [3.63, 3.8) is 0 Å². The Morgan fingerprint density at radius 1 is 0.800 bits per heavy atom. The molecule has 1 aliphatic heterocycles. The number of aromatic nitrogens is 4. The van der Waals surface area contributed by atoms with E-state index in [2.05, 4.69) is 72.2 Å². The molecule has 1 aliphatic rings. The van der Waals surface area contributed by atoms with Crippen molar-refractivity contribution in [3.05, 3.63) is 91.6 Å². The zero-order valence-electron chi connectivity index (χ0n) is 20.9. The molecule has 2 aromatic carbocycles. The minimum Gasteiger partial charge on any atom is -0.340 e. The Hall–Kier alpha value is -3.65. The summed E-state index contributed by atoms with van der Waals surface area (Å²) < 4.78 is 4.62. The first-order valence-electron chi connectivity index (χ1n) is 12.1. The van der Waals surface area contributed by atoms with Crippen LogP contribution in [0.15, 0.2) is 58.1 Å². The standard InChI is InChI=1S/C27H32N6O2/c1-19-8-10-21(11-9-19)18-33-23-24(29(3)27(35)30(4)25(23)34)28-26(33)32-14-12-31(13-15-32)17-22-7-5-6-20(2)16-22/h5-11,16H,12-15,17-18H2,1-4H3. The molecule has 0 radical (unpaired) electrons. The van der Waals surface area contributed by atoms with Gasteiger partial charge >= 0.3 is 5.69 Å². The van der Waals surface area contributed by atoms with Crippen molar-refractivity contribution in [2.75, 3.05) is 31.1 Å². The van der Waals surface area contributed by atoms with Crippen LogP contribution in [-0.4, -0.2) is 49.8 Å². The summed E-state index contributed by atoms with van der Waals surface area (Å²) in [7, 11) is 3.20. The van der Waals surface area contributed by atoms with Crippen LogP contribution in [0.1, 0.15) is 22.3 Å². The molecule has 0 atom stereocenters. The van der Waals surface area contributed by atoms with E-state index in [0.29, 0.717) is 17.7 Å². The second kappa shape index (κ2) is 9.19. The van der Waals surface area contributed by atoms with E-state index in [4.69, 9.17) is 4.98 Å². The quantitative estimate of drug-likeness (QED) is 0.446. The number of hydrogen-bond donors (Lipinski definition) is 0. The van der Waals surface area contributed by atoms with Gasteiger partial charge in [0.25, 0.3) is 5.56 Å². The molecule has 1 fully saturated rings. The van der Waals surface area contributed by atoms with Gasteiger partial charge in [0.05, 0.1) is 6.54 Å². The van der Waals surface area contributed by atoms with Crippen LogP contribution < -0.4 is 16.1 Å². The van der Waals surface area contributed by atoms with Crippen LogP contribution in [0.5, 0.6) is 0 Å². The second-order valence-electron chi connectivity index (χ2n) is 9.61. The van der Waals surface area contributed by atoms with Gasteiger partial charge in [-0.05, 0) is 25.0 Å². The molecule has 35 heavy (non-hydrogen) atoms. The third kappa shape index (κ3) is 4.41. The topological polar surface area (TPSA) is 68.3 Å². The lowest BCUT2D eigenvalue weighted by Gasteiger charge is -2.35. The SMILES string of the molecule is Cc1ccc(Cn2c(N3CCN(Cc4cccc(C)c4)CC3)nc3c2c(=O)n(C)c(=O)n3C)cc1. The van der Waals surface area contributed by atoms with Crippen molar-refractivity contribution in [2.24, 2.45) is 14.1 Å². The lowest BCUT2D eigenvalue weighted by atomic mass is 10.1. The fourth-order valence-corrected chi connectivity index (χ4v) is 4.88. The van der Waals surface area contributed by atoms with Crippen LogP contribution in [0, 0.1) is 13.8 Å². The van der Waals surface area contributed by atoms with E-state index in [0.717, 1.165) is 44.2 Å². The molecule has 1 saturated heterocycles. The van der Waals surface area contributed by atoms with Gasteiger partial charge in [0.2, 0.25) is 5.95 Å². The maximum atomic E-state index is 13.2. The van der Waals surface area contributed by atoms with Crippen LogP contribution in [0.4, 0.5) is 5.95 Å². The molecule has 8 nitrogen and oxygen atoms in total. The molecule has 4 aromatic rings. The summed E-state index contributed by atoms with van der Waals surface area (Å²) in [5, 5.41) is 0. The largest absolute Gasteiger partial charge is 0.340 e. The second-order valence-corrected chi connectivity index (χ2v) is 9.61. The molecule has 0 N–H and O–H groups in total. The Labute approximate surface area is 204 Å². The van der Waals surface area contributed by atoms with Gasteiger partial charge < -0.3 is 4.90 Å². The van der Waals surface area contributed by atoms with Crippen molar-refractivity contribution >= 4 is 17.1 Å². The molecule has 0 amide bonds. The highest BCUT2D eigenvalue weighted by Gasteiger charge is 2.25. The van der Waals surface area contributed by atoms with Crippen LogP contribution in [-0.2, 0) is 27.2 Å². The first-order chi connectivity index (χ1) is 16.8. The molecule has 182 valence electrons. The summed E-state index contributed by atoms with van der Waals surface area (Å²) >= 11 is 0. The molecule has 5 rings (SSSR count). The average Bonchev–Trinajstić information content (AvgIpc) is 3.22. The van der Waals surface area contributed by atoms with E-state index in [1.165, 1.54) is 32.9 Å². The van der Waals surface area contributed by atoms with Gasteiger partial charge in [-0.3, -0.25) is 23.4 Å². The van der Waals surface area contributed by atoms with Gasteiger partial charge in [-0.1, -0.05) is 59.7 Å². The minimum atomic E-state index is -0.364. The Morgan fingerprint density at radius 3 is 2.20 bits per heavy atom. The number of nitrogens with zero attached hydrogens (tertiary/aromatic N) is 6. The van der Waals surface area contributed by atoms with Crippen molar-refractivity contribution in [1.82, 2.24) is 23.6 Å². The fourth-order valence-electron chi connectivity index (χ4n) is 4.88. The van der Waals surface area contributed by atoms with E-state index in [1.54, 1.807) is 7.05 Å². The maximum absolute atomic E-state index is 13.2. The Balaban J connectivity index is 1.49. The molecule has 0 saturated carbocycles. The van der Waals surface area contributed by atoms with Crippen LogP contribution >= 0.6 is 0 Å². The number of rotatable bonds is 5. The lowest BCUT2D eigenvalue weighted by Crippen LogP contribution is -2.47. The van der Waals surface area contributed by atoms with Crippen molar-refractivity contribution in [2.45, 2.75) is 26.9 Å². The molecule has 2 aromatic heterocycles. The fraction of sp³-hybridized carbons (Fsp3) is 0.370. The normalized spacial score (nSPS) is 14.7. The Morgan fingerprint density at radius 2 is 1.51 bits per heavy atom. The molecule has 8 heteroatoms. The lowest BCUT2D eigenvalue weighted by molar-refractivity contribution is 0.248. The van der Waals surface area contributed by atoms with Gasteiger partial charge in [-0.25, -0.2) is 4.79 Å². The first-order valence-corrected chi connectivity index (χ1v) is 12.1. The number of fused-ring (bicyclic) bond motifs is 1. The Bertz CT molecular complexity index is 1490. The number of anilines is 1. The predicted octanol–water partition coefficient (Wildman–Crippen LogP) is 2.42. The van der Waals surface area contributed by atoms with Crippen molar-refractivity contribution in [1.29, 1.82) is 0 Å². The van der Waals surface area contributed by atoms with Gasteiger partial charge in [-0.2, -0.15) is 4.98 Å². The van der Waals surface area contributed by atoms with E-state index in [-0.39, 0.29) is 11.2 Å². The molecule has 3 heterocycles. The summed E-state index contributed by atoms with van der Waals surface area (Å²) in [6.07, 6.45) is 0. The smallest absolute Gasteiger partial charge is 0.332 e. The maximum Gasteiger partial charge on any atom is 0.332 e. The summed E-state index contributed by atoms with van der Waals surface area (Å²) in [5.41, 5.74) is 5.10. The molecule has 0 spiro atoms. The minimum absolute atomic E-state index is 0.313. The molecular formula is C27H32N6O2. The van der Waals surface area contributed by atoms with Crippen molar-refractivity contribution < 1.29 is 0 Å². The van der Waals surface area contributed by atoms with E-state index in [1.807, 2.05) is 4.57 Å². The van der Waals surface area contributed by atoms with Crippen molar-refractivity contribution in [3.8, 4) is 0 Å². The Kier molecular flexibility index (Phi) is 6.06. The number of aryl methyl sites for hydroxylation is 3. The van der Waals surface area contributed by atoms with Gasteiger partial charge in [0.1, 0.15) is 0 Å². The summed E-state index contributed by atoms with van der Waals surface area (Å²) in [6, 6.07) is 17.0. The summed E-state index contributed by atoms with van der Waals surface area (Å²) in [6.45, 7) is 9.03. The van der Waals surface area contributed by atoms with Gasteiger partial charge in [0, 0.05) is 46.8 Å². The molecule has 0 aliphatic carbocycles. The van der Waals surface area contributed by atoms with Crippen LogP contribution in [0.3, 0.4) is 0 Å². The molecular weight excluding hydrogens is 440 g/mol. The van der Waals surface area contributed by atoms with Crippen LogP contribution in [0.2, 0.25) is 0 Å². The highest BCUT2D eigenvalue weighted by atomic mass is 16.2. The van der Waals surface area contributed by atoms with Gasteiger partial charge in [0.15, 0.2) is 11.2 Å². The van der Waals surface area contributed by atoms with E-state index in [9.17, 15) is 9.59 Å². The van der Waals surface area contributed by atoms with Gasteiger partial charge in [-0.15, -0.1) is 0 Å². The number of imidazole rings is 1. The average molecular weight is 473 g/mol. The highest BCUT2D eigenvalue weighted by molar-refractivity contribution is 5.75. The zero-order valence-corrected chi connectivity index (χ0v) is 20.9. The third-order valence-corrected chi connectivity index (χ3v) is 6.93. The summed E-state index contributed by atoms with van der Waals surface area (Å²) in [5.74, 6) is 0.745.